The summed E-state index contributed by atoms with van der Waals surface area (Å²) in [5, 5.41) is 0. The molecule has 3 heterocycles. The number of amides is 1. The van der Waals surface area contributed by atoms with Gasteiger partial charge in [-0.1, -0.05) is 12.1 Å². The summed E-state index contributed by atoms with van der Waals surface area (Å²) in [6, 6.07) is 7.43. The van der Waals surface area contributed by atoms with Crippen molar-refractivity contribution < 1.29 is 9.21 Å². The SMILES string of the molecule is CC(C(=O)N1CCCC1C1CCCN1C)n1c(=O)oc2ccccc21. The Hall–Kier alpha value is -2.08. The maximum Gasteiger partial charge on any atom is 0.420 e. The van der Waals surface area contributed by atoms with Gasteiger partial charge in [0.15, 0.2) is 5.58 Å². The monoisotopic (exact) mass is 343 g/mol. The molecule has 2 saturated heterocycles. The van der Waals surface area contributed by atoms with Gasteiger partial charge in [-0.15, -0.1) is 0 Å². The Labute approximate surface area is 147 Å². The van der Waals surface area contributed by atoms with Gasteiger partial charge in [0.05, 0.1) is 5.52 Å². The van der Waals surface area contributed by atoms with Crippen LogP contribution in [-0.4, -0.2) is 52.5 Å². The topological polar surface area (TPSA) is 58.7 Å². The molecule has 0 bridgehead atoms. The van der Waals surface area contributed by atoms with Crippen LogP contribution in [0.1, 0.15) is 38.6 Å². The van der Waals surface area contributed by atoms with E-state index in [9.17, 15) is 9.59 Å². The molecule has 1 aromatic heterocycles. The van der Waals surface area contributed by atoms with E-state index in [4.69, 9.17) is 4.42 Å². The molecule has 6 heteroatoms. The summed E-state index contributed by atoms with van der Waals surface area (Å²) in [5.41, 5.74) is 1.21. The Morgan fingerprint density at radius 3 is 2.64 bits per heavy atom. The minimum atomic E-state index is -0.552. The molecule has 0 N–H and O–H groups in total. The summed E-state index contributed by atoms with van der Waals surface area (Å²) in [6.07, 6.45) is 4.43. The number of hydrogen-bond acceptors (Lipinski definition) is 4. The van der Waals surface area contributed by atoms with Crippen LogP contribution >= 0.6 is 0 Å². The molecule has 1 aromatic carbocycles. The van der Waals surface area contributed by atoms with Crippen molar-refractivity contribution in [2.45, 2.75) is 50.7 Å². The highest BCUT2D eigenvalue weighted by molar-refractivity contribution is 5.83. The number of aromatic nitrogens is 1. The number of hydrogen-bond donors (Lipinski definition) is 0. The van der Waals surface area contributed by atoms with Crippen molar-refractivity contribution in [1.82, 2.24) is 14.4 Å². The van der Waals surface area contributed by atoms with Gasteiger partial charge in [0.25, 0.3) is 0 Å². The molecule has 2 aliphatic rings. The van der Waals surface area contributed by atoms with Gasteiger partial charge >= 0.3 is 5.76 Å². The van der Waals surface area contributed by atoms with Crippen LogP contribution in [0.15, 0.2) is 33.5 Å². The van der Waals surface area contributed by atoms with E-state index < -0.39 is 11.8 Å². The highest BCUT2D eigenvalue weighted by Crippen LogP contribution is 2.31. The van der Waals surface area contributed by atoms with Gasteiger partial charge in [-0.2, -0.15) is 0 Å². The molecular formula is C19H25N3O3. The average Bonchev–Trinajstić information content (AvgIpc) is 3.30. The normalized spacial score (nSPS) is 25.8. The Bertz CT molecular complexity index is 840. The molecular weight excluding hydrogens is 318 g/mol. The fraction of sp³-hybridized carbons (Fsp3) is 0.579. The van der Waals surface area contributed by atoms with Crippen molar-refractivity contribution in [3.8, 4) is 0 Å². The molecule has 4 rings (SSSR count). The van der Waals surface area contributed by atoms with Crippen LogP contribution in [0.2, 0.25) is 0 Å². The van der Waals surface area contributed by atoms with Crippen LogP contribution in [0.25, 0.3) is 11.1 Å². The fourth-order valence-electron chi connectivity index (χ4n) is 4.59. The van der Waals surface area contributed by atoms with E-state index in [1.165, 1.54) is 11.0 Å². The van der Waals surface area contributed by atoms with Crippen molar-refractivity contribution in [2.75, 3.05) is 20.1 Å². The third-order valence-electron chi connectivity index (χ3n) is 5.87. The Morgan fingerprint density at radius 2 is 1.88 bits per heavy atom. The van der Waals surface area contributed by atoms with E-state index >= 15 is 0 Å². The molecule has 0 aliphatic carbocycles. The van der Waals surface area contributed by atoms with Gasteiger partial charge in [-0.05, 0) is 58.3 Å². The zero-order valence-electron chi connectivity index (χ0n) is 14.9. The van der Waals surface area contributed by atoms with Crippen molar-refractivity contribution in [3.05, 3.63) is 34.8 Å². The molecule has 3 atom stereocenters. The highest BCUT2D eigenvalue weighted by atomic mass is 16.4. The predicted molar refractivity (Wildman–Crippen MR) is 95.6 cm³/mol. The summed E-state index contributed by atoms with van der Waals surface area (Å²) in [7, 11) is 2.15. The minimum absolute atomic E-state index is 0.0245. The molecule has 0 radical (unpaired) electrons. The molecule has 0 saturated carbocycles. The largest absolute Gasteiger partial charge is 0.420 e. The lowest BCUT2D eigenvalue weighted by Crippen LogP contribution is -2.49. The van der Waals surface area contributed by atoms with E-state index in [0.717, 1.165) is 32.4 Å². The summed E-state index contributed by atoms with van der Waals surface area (Å²) in [5.74, 6) is -0.438. The third kappa shape index (κ3) is 2.68. The van der Waals surface area contributed by atoms with Crippen LogP contribution in [0, 0.1) is 0 Å². The smallest absolute Gasteiger partial charge is 0.408 e. The first-order chi connectivity index (χ1) is 12.1. The molecule has 1 amide bonds. The van der Waals surface area contributed by atoms with Gasteiger partial charge in [0.1, 0.15) is 6.04 Å². The number of nitrogens with zero attached hydrogens (tertiary/aromatic N) is 3. The van der Waals surface area contributed by atoms with Crippen LogP contribution in [0.5, 0.6) is 0 Å². The molecule has 3 unspecified atom stereocenters. The predicted octanol–water partition coefficient (Wildman–Crippen LogP) is 2.24. The number of para-hydroxylation sites is 2. The van der Waals surface area contributed by atoms with E-state index in [1.807, 2.05) is 23.1 Å². The van der Waals surface area contributed by atoms with Crippen molar-refractivity contribution in [2.24, 2.45) is 0 Å². The second-order valence-corrected chi connectivity index (χ2v) is 7.31. The molecule has 6 nitrogen and oxygen atoms in total. The maximum absolute atomic E-state index is 13.2. The first-order valence-electron chi connectivity index (χ1n) is 9.18. The molecule has 0 spiro atoms. The minimum Gasteiger partial charge on any atom is -0.408 e. The van der Waals surface area contributed by atoms with Gasteiger partial charge in [0, 0.05) is 18.6 Å². The second kappa shape index (κ2) is 6.33. The molecule has 2 aliphatic heterocycles. The highest BCUT2D eigenvalue weighted by Gasteiger charge is 2.40. The first-order valence-corrected chi connectivity index (χ1v) is 9.18. The number of oxazole rings is 1. The van der Waals surface area contributed by atoms with Gasteiger partial charge in [0.2, 0.25) is 5.91 Å². The van der Waals surface area contributed by atoms with Gasteiger partial charge in [-0.25, -0.2) is 4.79 Å². The zero-order chi connectivity index (χ0) is 17.6. The number of likely N-dealkylation sites (tertiary alicyclic amines) is 2. The lowest BCUT2D eigenvalue weighted by Gasteiger charge is -2.34. The lowest BCUT2D eigenvalue weighted by atomic mass is 10.0. The first kappa shape index (κ1) is 16.4. The van der Waals surface area contributed by atoms with Gasteiger partial charge < -0.3 is 14.2 Å². The molecule has 2 fully saturated rings. The maximum atomic E-state index is 13.2. The Balaban J connectivity index is 1.63. The molecule has 25 heavy (non-hydrogen) atoms. The van der Waals surface area contributed by atoms with Crippen molar-refractivity contribution in [3.63, 3.8) is 0 Å². The number of rotatable bonds is 3. The number of carbonyl (C=O) groups is 1. The quantitative estimate of drug-likeness (QED) is 0.858. The van der Waals surface area contributed by atoms with Gasteiger partial charge in [-0.3, -0.25) is 9.36 Å². The van der Waals surface area contributed by atoms with E-state index in [2.05, 4.69) is 11.9 Å². The Morgan fingerprint density at radius 1 is 1.16 bits per heavy atom. The number of likely N-dealkylation sites (N-methyl/N-ethyl adjacent to an activating group) is 1. The molecule has 2 aromatic rings. The van der Waals surface area contributed by atoms with E-state index in [-0.39, 0.29) is 11.9 Å². The van der Waals surface area contributed by atoms with Crippen LogP contribution in [0.3, 0.4) is 0 Å². The zero-order valence-corrected chi connectivity index (χ0v) is 14.9. The summed E-state index contributed by atoms with van der Waals surface area (Å²) in [4.78, 5) is 29.9. The Kier molecular flexibility index (Phi) is 4.15. The number of fused-ring (bicyclic) bond motifs is 1. The third-order valence-corrected chi connectivity index (χ3v) is 5.87. The summed E-state index contributed by atoms with van der Waals surface area (Å²) < 4.78 is 6.80. The van der Waals surface area contributed by atoms with Crippen molar-refractivity contribution in [1.29, 1.82) is 0 Å². The van der Waals surface area contributed by atoms with Crippen LogP contribution in [-0.2, 0) is 4.79 Å². The van der Waals surface area contributed by atoms with Crippen LogP contribution < -0.4 is 5.76 Å². The number of benzene rings is 1. The van der Waals surface area contributed by atoms with Crippen molar-refractivity contribution >= 4 is 17.0 Å². The second-order valence-electron chi connectivity index (χ2n) is 7.31. The van der Waals surface area contributed by atoms with E-state index in [1.54, 1.807) is 13.0 Å². The molecule has 134 valence electrons. The number of carbonyl (C=O) groups excluding carboxylic acids is 1. The van der Waals surface area contributed by atoms with Crippen LogP contribution in [0.4, 0.5) is 0 Å². The fourth-order valence-corrected chi connectivity index (χ4v) is 4.59. The average molecular weight is 343 g/mol. The summed E-state index contributed by atoms with van der Waals surface area (Å²) >= 11 is 0. The summed E-state index contributed by atoms with van der Waals surface area (Å²) in [6.45, 7) is 3.69. The lowest BCUT2D eigenvalue weighted by molar-refractivity contribution is -0.136. The van der Waals surface area contributed by atoms with E-state index in [0.29, 0.717) is 17.1 Å². The standard InChI is InChI=1S/C19H25N3O3/c1-13(22-16-7-3-4-10-17(16)25-19(22)24)18(23)21-12-6-9-15(21)14-8-5-11-20(14)2/h3-4,7,10,13-15H,5-6,8-9,11-12H2,1-2H3.